The van der Waals surface area contributed by atoms with Crippen molar-refractivity contribution in [2.24, 2.45) is 0 Å². The molecule has 0 fully saturated rings. The summed E-state index contributed by atoms with van der Waals surface area (Å²) in [5.74, 6) is 0. The fourth-order valence-corrected chi connectivity index (χ4v) is 7.77. The van der Waals surface area contributed by atoms with Gasteiger partial charge in [-0.1, -0.05) is 72.8 Å². The lowest BCUT2D eigenvalue weighted by Crippen LogP contribution is -2.38. The Hall–Kier alpha value is -2.05. The zero-order chi connectivity index (χ0) is 17.0. The summed E-state index contributed by atoms with van der Waals surface area (Å²) in [4.78, 5) is 0. The van der Waals surface area contributed by atoms with E-state index in [1.54, 1.807) is 0 Å². The van der Waals surface area contributed by atoms with Crippen molar-refractivity contribution in [3.8, 4) is 0 Å². The van der Waals surface area contributed by atoms with E-state index in [9.17, 15) is 0 Å². The van der Waals surface area contributed by atoms with Crippen LogP contribution in [0.1, 0.15) is 0 Å². The van der Waals surface area contributed by atoms with Crippen LogP contribution in [-0.4, -0.2) is 0 Å². The third kappa shape index (κ3) is 3.96. The summed E-state index contributed by atoms with van der Waals surface area (Å²) in [6.07, 6.45) is 0. The third-order valence-corrected chi connectivity index (χ3v) is 8.86. The van der Waals surface area contributed by atoms with E-state index in [4.69, 9.17) is 0 Å². The molecule has 0 N–H and O–H groups in total. The van der Waals surface area contributed by atoms with Crippen molar-refractivity contribution in [3.63, 3.8) is 0 Å². The first-order chi connectivity index (χ1) is 12.4. The van der Waals surface area contributed by atoms with Crippen LogP contribution < -0.4 is 21.2 Å². The summed E-state index contributed by atoms with van der Waals surface area (Å²) in [5.41, 5.74) is 0. The van der Waals surface area contributed by atoms with Crippen molar-refractivity contribution in [1.29, 1.82) is 0 Å². The molecule has 0 spiro atoms. The second kappa shape index (κ2) is 9.76. The molecule has 4 aromatic carbocycles. The summed E-state index contributed by atoms with van der Waals surface area (Å²) in [6.45, 7) is 0. The maximum absolute atomic E-state index is 2.28. The molecular weight excluding hydrogens is 387 g/mol. The van der Waals surface area contributed by atoms with E-state index in [1.807, 2.05) is 0 Å². The van der Waals surface area contributed by atoms with Gasteiger partial charge in [0.15, 0.2) is 0 Å². The van der Waals surface area contributed by atoms with Crippen LogP contribution in [0.4, 0.5) is 0 Å². The topological polar surface area (TPSA) is 0 Å². The second-order valence-corrected chi connectivity index (χ2v) is 9.42. The molecule has 3 heteroatoms. The van der Waals surface area contributed by atoms with Gasteiger partial charge >= 0.3 is 0 Å². The molecule has 0 amide bonds. The number of hydrogen-bond acceptors (Lipinski definition) is 0. The van der Waals surface area contributed by atoms with Gasteiger partial charge in [0, 0.05) is 0 Å². The molecular formula is C24H23ClPS+. The van der Waals surface area contributed by atoms with Crippen molar-refractivity contribution >= 4 is 54.4 Å². The van der Waals surface area contributed by atoms with Crippen molar-refractivity contribution in [1.82, 2.24) is 0 Å². The molecule has 0 atom stereocenters. The van der Waals surface area contributed by atoms with Gasteiger partial charge in [-0.25, -0.2) is 0 Å². The van der Waals surface area contributed by atoms with E-state index in [0.717, 1.165) is 0 Å². The van der Waals surface area contributed by atoms with Crippen LogP contribution in [0.2, 0.25) is 0 Å². The van der Waals surface area contributed by atoms with Crippen LogP contribution in [0.25, 0.3) is 0 Å². The molecule has 0 bridgehead atoms. The SMILES string of the molecule is Cl.S.c1ccc([P+](c2ccccc2)(c2ccccc2)c2ccccc2)cc1. The van der Waals surface area contributed by atoms with Gasteiger partial charge in [-0.3, -0.25) is 0 Å². The maximum atomic E-state index is 2.28. The highest BCUT2D eigenvalue weighted by Crippen LogP contribution is 2.53. The molecule has 0 aliphatic carbocycles. The van der Waals surface area contributed by atoms with Gasteiger partial charge in [0.1, 0.15) is 28.5 Å². The average Bonchev–Trinajstić information content (AvgIpc) is 2.72. The van der Waals surface area contributed by atoms with Crippen LogP contribution in [0.15, 0.2) is 121 Å². The summed E-state index contributed by atoms with van der Waals surface area (Å²) in [5, 5.41) is 5.55. The minimum absolute atomic E-state index is 0. The Kier molecular flexibility index (Phi) is 7.68. The highest BCUT2D eigenvalue weighted by molar-refractivity contribution is 8.01. The van der Waals surface area contributed by atoms with Crippen LogP contribution in [0, 0.1) is 0 Å². The summed E-state index contributed by atoms with van der Waals surface area (Å²) < 4.78 is 0. The number of hydrogen-bond donors (Lipinski definition) is 0. The Labute approximate surface area is 175 Å². The summed E-state index contributed by atoms with van der Waals surface area (Å²) >= 11 is 0. The first-order valence-electron chi connectivity index (χ1n) is 8.54. The van der Waals surface area contributed by atoms with Gasteiger partial charge in [0.25, 0.3) is 0 Å². The highest BCUT2D eigenvalue weighted by atomic mass is 35.5. The smallest absolute Gasteiger partial charge is 0.144 e. The van der Waals surface area contributed by atoms with Crippen molar-refractivity contribution < 1.29 is 0 Å². The van der Waals surface area contributed by atoms with E-state index in [-0.39, 0.29) is 25.9 Å². The number of halogens is 1. The largest absolute Gasteiger partial charge is 0.197 e. The predicted molar refractivity (Wildman–Crippen MR) is 129 cm³/mol. The molecule has 0 nitrogen and oxygen atoms in total. The number of rotatable bonds is 4. The molecule has 0 aliphatic rings. The van der Waals surface area contributed by atoms with E-state index in [0.29, 0.717) is 0 Å². The average molecular weight is 410 g/mol. The minimum Gasteiger partial charge on any atom is -0.197 e. The molecule has 0 saturated heterocycles. The van der Waals surface area contributed by atoms with Crippen LogP contribution in [0.5, 0.6) is 0 Å². The molecule has 0 aliphatic heterocycles. The van der Waals surface area contributed by atoms with E-state index >= 15 is 0 Å². The lowest BCUT2D eigenvalue weighted by atomic mass is 10.3. The highest BCUT2D eigenvalue weighted by Gasteiger charge is 2.47. The Bertz CT molecular complexity index is 765. The molecule has 0 radical (unpaired) electrons. The monoisotopic (exact) mass is 409 g/mol. The Balaban J connectivity index is 0.00000131. The Morgan fingerprint density at radius 3 is 0.704 bits per heavy atom. The zero-order valence-corrected chi connectivity index (χ0v) is 17.6. The van der Waals surface area contributed by atoms with Crippen molar-refractivity contribution in [3.05, 3.63) is 121 Å². The van der Waals surface area contributed by atoms with Crippen LogP contribution in [0.3, 0.4) is 0 Å². The minimum atomic E-state index is -1.91. The fourth-order valence-electron chi connectivity index (χ4n) is 3.50. The van der Waals surface area contributed by atoms with E-state index < -0.39 is 7.26 Å². The molecule has 0 heterocycles. The maximum Gasteiger partial charge on any atom is 0.144 e. The lowest BCUT2D eigenvalue weighted by Gasteiger charge is -2.27. The Morgan fingerprint density at radius 2 is 0.519 bits per heavy atom. The predicted octanol–water partition coefficient (Wildman–Crippen LogP) is 4.84. The van der Waals surface area contributed by atoms with Gasteiger partial charge in [-0.2, -0.15) is 13.5 Å². The number of benzene rings is 4. The van der Waals surface area contributed by atoms with Crippen molar-refractivity contribution in [2.45, 2.75) is 0 Å². The van der Waals surface area contributed by atoms with Gasteiger partial charge in [-0.15, -0.1) is 12.4 Å². The second-order valence-electron chi connectivity index (χ2n) is 6.01. The first kappa shape index (κ1) is 21.3. The van der Waals surface area contributed by atoms with Gasteiger partial charge in [0.05, 0.1) is 0 Å². The standard InChI is InChI=1S/C24H20P.ClH.H2S/c1-5-13-21(14-6-1)25(22-15-7-2-8-16-22,23-17-9-3-10-18-23)24-19-11-4-12-20-24;;/h1-20H;1H;1H2/q+1;;. The lowest BCUT2D eigenvalue weighted by molar-refractivity contribution is 1.71. The molecule has 27 heavy (non-hydrogen) atoms. The molecule has 0 aromatic heterocycles. The zero-order valence-electron chi connectivity index (χ0n) is 14.9. The molecule has 4 rings (SSSR count). The first-order valence-corrected chi connectivity index (χ1v) is 10.3. The van der Waals surface area contributed by atoms with Gasteiger partial charge < -0.3 is 0 Å². The molecule has 0 saturated carbocycles. The quantitative estimate of drug-likeness (QED) is 0.423. The van der Waals surface area contributed by atoms with E-state index in [2.05, 4.69) is 121 Å². The Morgan fingerprint density at radius 1 is 0.333 bits per heavy atom. The molecule has 136 valence electrons. The van der Waals surface area contributed by atoms with Gasteiger partial charge in [0.2, 0.25) is 0 Å². The molecule has 0 unspecified atom stereocenters. The normalized spacial score (nSPS) is 10.4. The summed E-state index contributed by atoms with van der Waals surface area (Å²) in [6, 6.07) is 43.8. The van der Waals surface area contributed by atoms with Gasteiger partial charge in [-0.05, 0) is 48.5 Å². The van der Waals surface area contributed by atoms with E-state index in [1.165, 1.54) is 21.2 Å². The van der Waals surface area contributed by atoms with Crippen LogP contribution in [-0.2, 0) is 0 Å². The van der Waals surface area contributed by atoms with Crippen molar-refractivity contribution in [2.75, 3.05) is 0 Å². The fraction of sp³-hybridized carbons (Fsp3) is 0. The molecule has 4 aromatic rings. The summed E-state index contributed by atoms with van der Waals surface area (Å²) in [7, 11) is -1.91. The van der Waals surface area contributed by atoms with Crippen LogP contribution >= 0.6 is 33.2 Å². The third-order valence-electron chi connectivity index (χ3n) is 4.57.